The third-order valence-electron chi connectivity index (χ3n) is 11.7. The number of Topliss-reactive ketones (excluding diaryl/α,β-unsaturated/α-hetero) is 1. The van der Waals surface area contributed by atoms with Crippen LogP contribution in [-0.4, -0.2) is 54.9 Å². The molecule has 0 saturated heterocycles. The molecule has 0 aliphatic carbocycles. The Hall–Kier alpha value is -1.82. The van der Waals surface area contributed by atoms with E-state index in [4.69, 9.17) is 23.1 Å². The Morgan fingerprint density at radius 3 is 1.65 bits per heavy atom. The van der Waals surface area contributed by atoms with E-state index in [2.05, 4.69) is 114 Å². The normalized spacial score (nSPS) is 15.2. The summed E-state index contributed by atoms with van der Waals surface area (Å²) in [4.78, 5) is 13.5. The fourth-order valence-electron chi connectivity index (χ4n) is 7.25. The number of benzene rings is 2. The molecule has 2 aromatic carbocycles. The van der Waals surface area contributed by atoms with Gasteiger partial charge in [-0.2, -0.15) is 0 Å². The molecule has 0 aliphatic rings. The predicted octanol–water partition coefficient (Wildman–Crippen LogP) is 12.2. The number of ether oxygens (including phenoxy) is 3. The third-order valence-corrected chi connectivity index (χ3v) is 22.3. The standard InChI is InChI=1S/C44H76O6Si2/c1-33(2)52(34(3)4,35(5)6)50-42(28-29-47-30-38-18-16-15-17-19-38)36(7)20-24-40(45)25-21-37(8)43(49-51(13,14)44(9,10)11)32-48-31-39-22-26-41(46-12)27-23-39/h15-19,22-23,26-27,33-37,42-43H,20-21,24-25,28-32H2,1-14H3/t36-,37-,42+,43-/m0/s1. The Morgan fingerprint density at radius 1 is 0.654 bits per heavy atom. The van der Waals surface area contributed by atoms with Crippen LogP contribution in [0.25, 0.3) is 0 Å². The van der Waals surface area contributed by atoms with Gasteiger partial charge in [0.05, 0.1) is 33.0 Å². The molecule has 0 amide bonds. The summed E-state index contributed by atoms with van der Waals surface area (Å²) in [6.45, 7) is 32.2. The van der Waals surface area contributed by atoms with E-state index in [1.807, 2.05) is 30.3 Å². The smallest absolute Gasteiger partial charge is 0.200 e. The number of hydrogen-bond donors (Lipinski definition) is 0. The second kappa shape index (κ2) is 21.9. The van der Waals surface area contributed by atoms with Crippen LogP contribution in [0.2, 0.25) is 34.8 Å². The van der Waals surface area contributed by atoms with Gasteiger partial charge in [-0.05, 0) is 89.1 Å². The molecule has 0 aromatic heterocycles. The number of methoxy groups -OCH3 is 1. The Labute approximate surface area is 321 Å². The van der Waals surface area contributed by atoms with Crippen LogP contribution in [0.5, 0.6) is 5.75 Å². The van der Waals surface area contributed by atoms with Crippen LogP contribution in [0.3, 0.4) is 0 Å². The van der Waals surface area contributed by atoms with E-state index < -0.39 is 16.6 Å². The fourth-order valence-corrected chi connectivity index (χ4v) is 14.4. The monoisotopic (exact) mass is 757 g/mol. The number of rotatable bonds is 25. The third kappa shape index (κ3) is 14.4. The van der Waals surface area contributed by atoms with Crippen LogP contribution in [0, 0.1) is 11.8 Å². The number of hydrogen-bond acceptors (Lipinski definition) is 6. The van der Waals surface area contributed by atoms with Crippen molar-refractivity contribution in [2.24, 2.45) is 11.8 Å². The Morgan fingerprint density at radius 2 is 1.15 bits per heavy atom. The highest BCUT2D eigenvalue weighted by Crippen LogP contribution is 2.44. The second-order valence-electron chi connectivity index (χ2n) is 17.7. The first kappa shape index (κ1) is 46.3. The van der Waals surface area contributed by atoms with Gasteiger partial charge in [0.1, 0.15) is 11.5 Å². The molecule has 2 aromatic rings. The van der Waals surface area contributed by atoms with Crippen LogP contribution >= 0.6 is 0 Å². The van der Waals surface area contributed by atoms with Crippen molar-refractivity contribution in [3.63, 3.8) is 0 Å². The molecule has 6 nitrogen and oxygen atoms in total. The maximum Gasteiger partial charge on any atom is 0.200 e. The van der Waals surface area contributed by atoms with Crippen LogP contribution in [-0.2, 0) is 36.3 Å². The summed E-state index contributed by atoms with van der Waals surface area (Å²) < 4.78 is 32.0. The van der Waals surface area contributed by atoms with Gasteiger partial charge in [-0.1, -0.05) is 119 Å². The van der Waals surface area contributed by atoms with E-state index in [0.717, 1.165) is 30.6 Å². The Kier molecular flexibility index (Phi) is 19.5. The first-order valence-electron chi connectivity index (χ1n) is 20.0. The summed E-state index contributed by atoms with van der Waals surface area (Å²) in [5, 5.41) is 0.0826. The second-order valence-corrected chi connectivity index (χ2v) is 27.8. The van der Waals surface area contributed by atoms with Crippen LogP contribution in [0.15, 0.2) is 54.6 Å². The number of carbonyl (C=O) groups excluding carboxylic acids is 1. The van der Waals surface area contributed by atoms with Crippen molar-refractivity contribution in [3.8, 4) is 5.75 Å². The molecule has 0 radical (unpaired) electrons. The van der Waals surface area contributed by atoms with Gasteiger partial charge in [0.2, 0.25) is 8.32 Å². The lowest BCUT2D eigenvalue weighted by Crippen LogP contribution is -2.51. The van der Waals surface area contributed by atoms with Gasteiger partial charge in [-0.3, -0.25) is 4.79 Å². The molecule has 0 saturated carbocycles. The lowest BCUT2D eigenvalue weighted by Gasteiger charge is -2.46. The molecule has 0 N–H and O–H groups in total. The summed E-state index contributed by atoms with van der Waals surface area (Å²) in [6.07, 6.45) is 3.56. The molecule has 2 rings (SSSR count). The largest absolute Gasteiger partial charge is 0.497 e. The quantitative estimate of drug-likeness (QED) is 0.0742. The molecule has 0 spiro atoms. The maximum atomic E-state index is 13.5. The highest BCUT2D eigenvalue weighted by Gasteiger charge is 2.47. The fraction of sp³-hybridized carbons (Fsp3) is 0.705. The van der Waals surface area contributed by atoms with Crippen molar-refractivity contribution in [3.05, 3.63) is 65.7 Å². The average molecular weight is 757 g/mol. The van der Waals surface area contributed by atoms with Crippen molar-refractivity contribution >= 4 is 22.4 Å². The number of carbonyl (C=O) groups is 1. The summed E-state index contributed by atoms with van der Waals surface area (Å²) in [5.41, 5.74) is 3.78. The molecule has 0 heterocycles. The van der Waals surface area contributed by atoms with Crippen molar-refractivity contribution in [2.75, 3.05) is 20.3 Å². The van der Waals surface area contributed by atoms with Gasteiger partial charge >= 0.3 is 0 Å². The van der Waals surface area contributed by atoms with E-state index in [1.54, 1.807) is 7.11 Å². The van der Waals surface area contributed by atoms with Gasteiger partial charge in [0, 0.05) is 25.6 Å². The van der Waals surface area contributed by atoms with E-state index in [-0.39, 0.29) is 29.1 Å². The van der Waals surface area contributed by atoms with Gasteiger partial charge in [0.25, 0.3) is 0 Å². The SMILES string of the molecule is COc1ccc(COC[C@H](O[Si](C)(C)C(C)(C)C)[C@@H](C)CCC(=O)CC[C@H](C)[C@@H](CCOCc2ccccc2)O[Si](C(C)C)(C(C)C)C(C)C)cc1. The molecular formula is C44H76O6Si2. The summed E-state index contributed by atoms with van der Waals surface area (Å²) in [7, 11) is -2.49. The molecule has 52 heavy (non-hydrogen) atoms. The van der Waals surface area contributed by atoms with Gasteiger partial charge in [-0.15, -0.1) is 0 Å². The van der Waals surface area contributed by atoms with E-state index in [0.29, 0.717) is 61.7 Å². The minimum atomic E-state index is -2.12. The molecule has 0 fully saturated rings. The van der Waals surface area contributed by atoms with E-state index in [9.17, 15) is 4.79 Å². The highest BCUT2D eigenvalue weighted by atomic mass is 28.4. The Bertz CT molecular complexity index is 1250. The molecule has 8 heteroatoms. The van der Waals surface area contributed by atoms with E-state index in [1.165, 1.54) is 5.56 Å². The lowest BCUT2D eigenvalue weighted by atomic mass is 9.92. The van der Waals surface area contributed by atoms with Crippen LogP contribution < -0.4 is 4.74 Å². The molecule has 296 valence electrons. The summed E-state index contributed by atoms with van der Waals surface area (Å²) >= 11 is 0. The molecule has 0 aliphatic heterocycles. The van der Waals surface area contributed by atoms with Crippen LogP contribution in [0.4, 0.5) is 0 Å². The van der Waals surface area contributed by atoms with Gasteiger partial charge in [0.15, 0.2) is 8.32 Å². The molecular weight excluding hydrogens is 681 g/mol. The summed E-state index contributed by atoms with van der Waals surface area (Å²) in [6, 6.07) is 18.3. The van der Waals surface area contributed by atoms with Crippen molar-refractivity contribution in [2.45, 2.75) is 168 Å². The molecule has 0 bridgehead atoms. The number of ketones is 1. The Balaban J connectivity index is 2.06. The van der Waals surface area contributed by atoms with E-state index >= 15 is 0 Å². The molecule has 0 unspecified atom stereocenters. The van der Waals surface area contributed by atoms with Gasteiger partial charge < -0.3 is 23.1 Å². The minimum absolute atomic E-state index is 0.0617. The van der Waals surface area contributed by atoms with Crippen molar-refractivity contribution in [1.29, 1.82) is 0 Å². The van der Waals surface area contributed by atoms with Gasteiger partial charge in [-0.25, -0.2) is 0 Å². The predicted molar refractivity (Wildman–Crippen MR) is 223 cm³/mol. The zero-order valence-corrected chi connectivity index (χ0v) is 37.6. The van der Waals surface area contributed by atoms with Crippen molar-refractivity contribution in [1.82, 2.24) is 0 Å². The summed E-state index contributed by atoms with van der Waals surface area (Å²) in [5.74, 6) is 1.61. The average Bonchev–Trinajstić information content (AvgIpc) is 3.08. The minimum Gasteiger partial charge on any atom is -0.497 e. The maximum absolute atomic E-state index is 13.5. The zero-order valence-electron chi connectivity index (χ0n) is 35.6. The van der Waals surface area contributed by atoms with Crippen molar-refractivity contribution < 1.29 is 27.9 Å². The first-order valence-corrected chi connectivity index (χ1v) is 25.1. The zero-order chi connectivity index (χ0) is 39.1. The highest BCUT2D eigenvalue weighted by molar-refractivity contribution is 6.77. The first-order chi connectivity index (χ1) is 24.3. The topological polar surface area (TPSA) is 63.2 Å². The van der Waals surface area contributed by atoms with Crippen LogP contribution in [0.1, 0.15) is 119 Å². The lowest BCUT2D eigenvalue weighted by molar-refractivity contribution is -0.120. The molecule has 4 atom stereocenters.